The second-order valence-electron chi connectivity index (χ2n) is 5.08. The van der Waals surface area contributed by atoms with Crippen molar-refractivity contribution in [3.63, 3.8) is 0 Å². The molecular weight excluding hydrogens is 312 g/mol. The summed E-state index contributed by atoms with van der Waals surface area (Å²) in [5, 5.41) is 0.0920. The van der Waals surface area contributed by atoms with Gasteiger partial charge < -0.3 is 19.6 Å². The van der Waals surface area contributed by atoms with Crippen molar-refractivity contribution in [3.05, 3.63) is 0 Å². The van der Waals surface area contributed by atoms with Crippen LogP contribution in [-0.4, -0.2) is 53.6 Å². The third kappa shape index (κ3) is 4.29. The Morgan fingerprint density at radius 2 is 1.63 bits per heavy atom. The van der Waals surface area contributed by atoms with Gasteiger partial charge in [-0.3, -0.25) is 14.0 Å². The van der Waals surface area contributed by atoms with Gasteiger partial charge in [-0.2, -0.15) is 11.8 Å². The highest BCUT2D eigenvalue weighted by atomic mass is 32.2. The third-order valence-electron chi connectivity index (χ3n) is 3.21. The van der Waals surface area contributed by atoms with E-state index in [1.807, 2.05) is 13.8 Å². The van der Waals surface area contributed by atoms with E-state index in [0.717, 1.165) is 0 Å². The first-order valence-electron chi connectivity index (χ1n) is 5.94. The minimum Gasteiger partial charge on any atom is -0.323 e. The van der Waals surface area contributed by atoms with Crippen LogP contribution < -0.4 is 0 Å². The zero-order chi connectivity index (χ0) is 15.0. The first-order chi connectivity index (χ1) is 8.46. The smallest absolute Gasteiger partial charge is 0.323 e. The number of hydrogen-bond donors (Lipinski definition) is 4. The number of hydrogen-bond acceptors (Lipinski definition) is 4. The summed E-state index contributed by atoms with van der Waals surface area (Å²) < 4.78 is 22.9. The monoisotopic (exact) mass is 333 g/mol. The van der Waals surface area contributed by atoms with E-state index in [-0.39, 0.29) is 23.8 Å². The van der Waals surface area contributed by atoms with Crippen LogP contribution in [0.1, 0.15) is 20.8 Å². The summed E-state index contributed by atoms with van der Waals surface area (Å²) in [6.45, 7) is 5.99. The van der Waals surface area contributed by atoms with Gasteiger partial charge in [0.15, 0.2) is 0 Å². The van der Waals surface area contributed by atoms with Gasteiger partial charge in [0, 0.05) is 23.6 Å². The van der Waals surface area contributed by atoms with Crippen molar-refractivity contribution in [1.82, 2.24) is 4.90 Å². The number of rotatable bonds is 4. The van der Waals surface area contributed by atoms with E-state index in [1.54, 1.807) is 18.7 Å². The van der Waals surface area contributed by atoms with Gasteiger partial charge in [0.2, 0.25) is 5.52 Å². The van der Waals surface area contributed by atoms with Gasteiger partial charge in [-0.15, -0.1) is 0 Å². The molecule has 0 bridgehead atoms. The molecule has 0 amide bonds. The molecule has 19 heavy (non-hydrogen) atoms. The van der Waals surface area contributed by atoms with Crippen LogP contribution in [-0.2, 0) is 9.13 Å². The van der Waals surface area contributed by atoms with Gasteiger partial charge in [0.1, 0.15) is 0 Å². The van der Waals surface area contributed by atoms with E-state index in [4.69, 9.17) is 0 Å². The maximum atomic E-state index is 11.5. The molecule has 1 saturated heterocycles. The van der Waals surface area contributed by atoms with Crippen LogP contribution in [0.2, 0.25) is 0 Å². The topological polar surface area (TPSA) is 118 Å². The lowest BCUT2D eigenvalue weighted by molar-refractivity contribution is 0.170. The van der Waals surface area contributed by atoms with Crippen molar-refractivity contribution in [2.75, 3.05) is 12.3 Å². The molecule has 1 aliphatic rings. The molecule has 114 valence electrons. The second-order valence-corrected chi connectivity index (χ2v) is 10.1. The highest BCUT2D eigenvalue weighted by Gasteiger charge is 2.51. The van der Waals surface area contributed by atoms with Gasteiger partial charge in [-0.25, -0.2) is 0 Å². The molecule has 7 nitrogen and oxygen atoms in total. The molecule has 1 heterocycles. The zero-order valence-corrected chi connectivity index (χ0v) is 13.7. The van der Waals surface area contributed by atoms with Crippen LogP contribution in [0.25, 0.3) is 0 Å². The van der Waals surface area contributed by atoms with E-state index in [9.17, 15) is 28.7 Å². The third-order valence-corrected chi connectivity index (χ3v) is 8.56. The lowest BCUT2D eigenvalue weighted by Gasteiger charge is -2.44. The maximum Gasteiger partial charge on any atom is 0.354 e. The SMILES string of the molecule is CC(C)C1SCCN(C(P(=O)(O)O)P(=O)(O)O)C1C. The molecule has 0 aliphatic carbocycles. The predicted octanol–water partition coefficient (Wildman–Crippen LogP) is 1.09. The molecule has 10 heteroatoms. The first kappa shape index (κ1) is 17.7. The van der Waals surface area contributed by atoms with Crippen molar-refractivity contribution in [2.45, 2.75) is 37.6 Å². The summed E-state index contributed by atoms with van der Waals surface area (Å²) >= 11 is 1.67. The van der Waals surface area contributed by atoms with Gasteiger partial charge in [-0.1, -0.05) is 13.8 Å². The highest BCUT2D eigenvalue weighted by Crippen LogP contribution is 2.62. The van der Waals surface area contributed by atoms with Gasteiger partial charge in [0.05, 0.1) is 0 Å². The van der Waals surface area contributed by atoms with Crippen LogP contribution in [0.3, 0.4) is 0 Å². The average molecular weight is 333 g/mol. The lowest BCUT2D eigenvalue weighted by Crippen LogP contribution is -2.51. The summed E-state index contributed by atoms with van der Waals surface area (Å²) in [6.07, 6.45) is 0. The Bertz CT molecular complexity index is 386. The van der Waals surface area contributed by atoms with Gasteiger partial charge >= 0.3 is 15.2 Å². The van der Waals surface area contributed by atoms with E-state index in [1.165, 1.54) is 4.90 Å². The predicted molar refractivity (Wildman–Crippen MR) is 75.1 cm³/mol. The molecule has 0 aromatic heterocycles. The standard InChI is InChI=1S/C9H21NO6P2S/c1-6(2)8-7(3)10(4-5-19-8)9(17(11,12)13)18(14,15)16/h6-9H,4-5H2,1-3H3,(H2,11,12,13)(H2,14,15,16). The van der Waals surface area contributed by atoms with E-state index >= 15 is 0 Å². The van der Waals surface area contributed by atoms with E-state index in [0.29, 0.717) is 5.75 Å². The Labute approximate surface area is 117 Å². The summed E-state index contributed by atoms with van der Waals surface area (Å²) in [6, 6.07) is -0.302. The fraction of sp³-hybridized carbons (Fsp3) is 1.00. The average Bonchev–Trinajstić information content (AvgIpc) is 2.16. The molecule has 1 fully saturated rings. The molecule has 4 N–H and O–H groups in total. The van der Waals surface area contributed by atoms with E-state index < -0.39 is 20.7 Å². The quantitative estimate of drug-likeness (QED) is 0.565. The molecule has 0 saturated carbocycles. The van der Waals surface area contributed by atoms with Crippen molar-refractivity contribution >= 4 is 27.0 Å². The molecule has 1 rings (SSSR count). The summed E-state index contributed by atoms with van der Waals surface area (Å²) in [5.74, 6) is 0.862. The maximum absolute atomic E-state index is 11.5. The normalized spacial score (nSPS) is 27.2. The van der Waals surface area contributed by atoms with Crippen LogP contribution in [0.15, 0.2) is 0 Å². The molecule has 0 spiro atoms. The van der Waals surface area contributed by atoms with Crippen molar-refractivity contribution in [3.8, 4) is 0 Å². The highest BCUT2D eigenvalue weighted by molar-refractivity contribution is 8.00. The fourth-order valence-corrected chi connectivity index (χ4v) is 6.88. The second kappa shape index (κ2) is 6.16. The summed E-state index contributed by atoms with van der Waals surface area (Å²) in [7, 11) is -9.81. The Kier molecular flexibility index (Phi) is 5.73. The van der Waals surface area contributed by atoms with Gasteiger partial charge in [-0.05, 0) is 12.8 Å². The Balaban J connectivity index is 3.10. The van der Waals surface area contributed by atoms with Gasteiger partial charge in [0.25, 0.3) is 0 Å². The van der Waals surface area contributed by atoms with Crippen molar-refractivity contribution in [1.29, 1.82) is 0 Å². The van der Waals surface area contributed by atoms with Crippen LogP contribution in [0, 0.1) is 5.92 Å². The molecule has 0 aromatic carbocycles. The van der Waals surface area contributed by atoms with E-state index in [2.05, 4.69) is 0 Å². The Morgan fingerprint density at radius 1 is 1.16 bits per heavy atom. The first-order valence-corrected chi connectivity index (χ1v) is 10.3. The molecule has 1 aliphatic heterocycles. The molecule has 0 radical (unpaired) electrons. The fourth-order valence-electron chi connectivity index (χ4n) is 2.48. The Morgan fingerprint density at radius 3 is 2.00 bits per heavy atom. The molecule has 0 aromatic rings. The van der Waals surface area contributed by atoms with Crippen molar-refractivity contribution < 1.29 is 28.7 Å². The minimum atomic E-state index is -4.91. The zero-order valence-electron chi connectivity index (χ0n) is 11.1. The lowest BCUT2D eigenvalue weighted by atomic mass is 10.0. The minimum absolute atomic E-state index is 0.0920. The largest absolute Gasteiger partial charge is 0.354 e. The van der Waals surface area contributed by atoms with Crippen molar-refractivity contribution in [2.24, 2.45) is 5.92 Å². The Hall–Kier alpha value is 0.610. The summed E-state index contributed by atoms with van der Waals surface area (Å²) in [5.41, 5.74) is -2.03. The molecule has 2 unspecified atom stereocenters. The molecule has 2 atom stereocenters. The number of thioether (sulfide) groups is 1. The van der Waals surface area contributed by atoms with Crippen LogP contribution in [0.4, 0.5) is 0 Å². The van der Waals surface area contributed by atoms with Crippen LogP contribution in [0.5, 0.6) is 0 Å². The van der Waals surface area contributed by atoms with Crippen LogP contribution >= 0.6 is 27.0 Å². The summed E-state index contributed by atoms with van der Waals surface area (Å²) in [4.78, 5) is 38.4. The molecular formula is C9H21NO6P2S. The number of nitrogens with zero attached hydrogens (tertiary/aromatic N) is 1.